The first-order valence-corrected chi connectivity index (χ1v) is 16.8. The first-order chi connectivity index (χ1) is 22.6. The molecule has 4 aromatic rings. The third-order valence-corrected chi connectivity index (χ3v) is 9.05. The number of aliphatic imine (C=N–C) groups is 2. The molecule has 0 saturated heterocycles. The molecule has 0 aliphatic heterocycles. The van der Waals surface area contributed by atoms with Crippen molar-refractivity contribution >= 4 is 34.2 Å². The van der Waals surface area contributed by atoms with E-state index < -0.39 is 0 Å². The number of hydrogen-bond acceptors (Lipinski definition) is 2. The number of rotatable bonds is 8. The second-order valence-corrected chi connectivity index (χ2v) is 13.0. The zero-order chi connectivity index (χ0) is 35.7. The summed E-state index contributed by atoms with van der Waals surface area (Å²) in [5, 5.41) is 9.73. The summed E-state index contributed by atoms with van der Waals surface area (Å²) in [6, 6.07) is 25.1. The second-order valence-electron chi connectivity index (χ2n) is 13.0. The Balaban J connectivity index is 0.000000333. The van der Waals surface area contributed by atoms with Gasteiger partial charge in [0.15, 0.2) is 0 Å². The molecule has 0 amide bonds. The van der Waals surface area contributed by atoms with E-state index in [1.165, 1.54) is 44.5 Å². The second kappa shape index (κ2) is 18.5. The summed E-state index contributed by atoms with van der Waals surface area (Å²) in [6.07, 6.45) is 0. The molecule has 0 N–H and O–H groups in total. The molecule has 49 heavy (non-hydrogen) atoms. The Morgan fingerprint density at radius 2 is 0.612 bits per heavy atom. The quantitative estimate of drug-likeness (QED) is 0.130. The van der Waals surface area contributed by atoms with E-state index in [2.05, 4.69) is 170 Å². The van der Waals surface area contributed by atoms with Crippen molar-refractivity contribution in [2.75, 3.05) is 0 Å². The fourth-order valence-corrected chi connectivity index (χ4v) is 5.46. The topological polar surface area (TPSA) is 52.9 Å². The van der Waals surface area contributed by atoms with E-state index in [1.54, 1.807) is 0 Å². The molecule has 0 radical (unpaired) electrons. The van der Waals surface area contributed by atoms with Crippen LogP contribution in [0.2, 0.25) is 0 Å². The molecule has 0 aromatic heterocycles. The van der Waals surface area contributed by atoms with Crippen molar-refractivity contribution in [2.45, 2.75) is 96.9 Å². The van der Waals surface area contributed by atoms with Gasteiger partial charge in [-0.2, -0.15) is 11.4 Å². The summed E-state index contributed by atoms with van der Waals surface area (Å²) in [5.41, 5.74) is 20.2. The van der Waals surface area contributed by atoms with E-state index in [0.717, 1.165) is 56.7 Å². The van der Waals surface area contributed by atoms with Crippen LogP contribution in [0.15, 0.2) is 105 Å². The summed E-state index contributed by atoms with van der Waals surface area (Å²) >= 11 is 0. The van der Waals surface area contributed by atoms with Crippen LogP contribution in [0.3, 0.4) is 0 Å². The normalized spacial score (nSPS) is 12.6. The number of para-hydroxylation sites is 4. The van der Waals surface area contributed by atoms with Crippen LogP contribution in [0, 0.1) is 55.4 Å². The van der Waals surface area contributed by atoms with E-state index in [4.69, 9.17) is 20.6 Å². The maximum absolute atomic E-state index is 4.86. The van der Waals surface area contributed by atoms with Gasteiger partial charge in [0.1, 0.15) is 0 Å². The molecular weight excluding hydrogens is 640 g/mol. The van der Waals surface area contributed by atoms with Crippen LogP contribution in [0.1, 0.15) is 86.1 Å². The summed E-state index contributed by atoms with van der Waals surface area (Å²) in [6.45, 7) is 29.3. The number of aryl methyl sites for hydroxylation is 8. The van der Waals surface area contributed by atoms with Gasteiger partial charge in [-0.3, -0.25) is 9.98 Å². The summed E-state index contributed by atoms with van der Waals surface area (Å²) < 4.78 is 0. The Labute approximate surface area is 307 Å². The van der Waals surface area contributed by atoms with E-state index in [0.29, 0.717) is 0 Å². The van der Waals surface area contributed by atoms with E-state index in [1.807, 2.05) is 0 Å². The van der Waals surface area contributed by atoms with Crippen molar-refractivity contribution in [1.82, 2.24) is 0 Å². The van der Waals surface area contributed by atoms with Gasteiger partial charge in [0, 0.05) is 11.4 Å². The summed E-state index contributed by atoms with van der Waals surface area (Å²) in [5.74, 6) is 0. The van der Waals surface area contributed by atoms with Crippen molar-refractivity contribution in [2.24, 2.45) is 9.98 Å². The minimum absolute atomic E-state index is 0. The molecule has 0 unspecified atom stereocenters. The van der Waals surface area contributed by atoms with Gasteiger partial charge >= 0.3 is 17.1 Å². The van der Waals surface area contributed by atoms with Gasteiger partial charge in [-0.1, -0.05) is 109 Å². The largest absolute Gasteiger partial charge is 2.00 e. The van der Waals surface area contributed by atoms with Crippen molar-refractivity contribution in [3.05, 3.63) is 150 Å². The Morgan fingerprint density at radius 3 is 0.857 bits per heavy atom. The van der Waals surface area contributed by atoms with Crippen LogP contribution in [-0.4, -0.2) is 11.4 Å². The molecule has 0 saturated carbocycles. The van der Waals surface area contributed by atoms with Crippen LogP contribution in [0.25, 0.3) is 10.6 Å². The van der Waals surface area contributed by atoms with Crippen LogP contribution < -0.4 is 0 Å². The first kappa shape index (κ1) is 41.0. The predicted molar refractivity (Wildman–Crippen MR) is 212 cm³/mol. The van der Waals surface area contributed by atoms with Crippen molar-refractivity contribution in [3.8, 4) is 0 Å². The Kier molecular flexibility index (Phi) is 15.5. The molecule has 0 aliphatic carbocycles. The number of allylic oxidation sites excluding steroid dienone is 4. The van der Waals surface area contributed by atoms with Crippen LogP contribution >= 0.6 is 0 Å². The molecule has 5 heteroatoms. The standard InChI is InChI=1S/2C22H27N2.Fe/c2*1-14-10-8-11-15(2)21(14)23-19(6)18(5)20(7)24-22-16(3)12-9-13-17(22)4;/h2*8-13H,1-7H3;/q2*-1;+2/b2*19-18-,24-20?;. The molecule has 0 aliphatic rings. The Bertz CT molecular complexity index is 1690. The van der Waals surface area contributed by atoms with Crippen LogP contribution in [0.5, 0.6) is 0 Å². The summed E-state index contributed by atoms with van der Waals surface area (Å²) in [4.78, 5) is 9.73. The smallest absolute Gasteiger partial charge is 0.661 e. The fourth-order valence-electron chi connectivity index (χ4n) is 5.46. The third-order valence-electron chi connectivity index (χ3n) is 9.05. The van der Waals surface area contributed by atoms with Crippen LogP contribution in [0.4, 0.5) is 22.7 Å². The van der Waals surface area contributed by atoms with Gasteiger partial charge in [-0.15, -0.1) is 11.4 Å². The maximum Gasteiger partial charge on any atom is 2.00 e. The SMILES string of the molecule is CC(=Nc1c(C)cccc1C)/C(C)=C(/C)[N-]c1c(C)cccc1C.CC(=Nc1c(C)cccc1C)/C(C)=C(/C)[N-]c1c(C)cccc1C.[Fe+2]. The van der Waals surface area contributed by atoms with Crippen molar-refractivity contribution in [1.29, 1.82) is 0 Å². The molecule has 0 heterocycles. The molecule has 4 rings (SSSR count). The predicted octanol–water partition coefficient (Wildman–Crippen LogP) is 14.0. The van der Waals surface area contributed by atoms with E-state index in [9.17, 15) is 0 Å². The molecular formula is C44H54FeN4. The van der Waals surface area contributed by atoms with E-state index in [-0.39, 0.29) is 17.1 Å². The first-order valence-electron chi connectivity index (χ1n) is 16.8. The molecule has 258 valence electrons. The van der Waals surface area contributed by atoms with Gasteiger partial charge in [0.2, 0.25) is 0 Å². The molecule has 0 atom stereocenters. The zero-order valence-corrected chi connectivity index (χ0v) is 33.2. The monoisotopic (exact) mass is 694 g/mol. The Morgan fingerprint density at radius 1 is 0.388 bits per heavy atom. The van der Waals surface area contributed by atoms with Gasteiger partial charge < -0.3 is 10.6 Å². The summed E-state index contributed by atoms with van der Waals surface area (Å²) in [7, 11) is 0. The van der Waals surface area contributed by atoms with Gasteiger partial charge in [0.05, 0.1) is 11.4 Å². The van der Waals surface area contributed by atoms with Crippen molar-refractivity contribution < 1.29 is 17.1 Å². The number of benzene rings is 4. The van der Waals surface area contributed by atoms with E-state index >= 15 is 0 Å². The van der Waals surface area contributed by atoms with Crippen LogP contribution in [-0.2, 0) is 17.1 Å². The molecule has 4 aromatic carbocycles. The average Bonchev–Trinajstić information content (AvgIpc) is 3.03. The minimum atomic E-state index is 0. The van der Waals surface area contributed by atoms with Gasteiger partial charge in [-0.25, -0.2) is 0 Å². The fraction of sp³-hybridized carbons (Fsp3) is 0.318. The third kappa shape index (κ3) is 10.9. The molecule has 0 fully saturated rings. The number of nitrogens with zero attached hydrogens (tertiary/aromatic N) is 4. The Hall–Kier alpha value is -4.18. The molecule has 4 nitrogen and oxygen atoms in total. The van der Waals surface area contributed by atoms with Gasteiger partial charge in [-0.05, 0) is 116 Å². The van der Waals surface area contributed by atoms with Gasteiger partial charge in [0.25, 0.3) is 0 Å². The number of hydrogen-bond donors (Lipinski definition) is 0. The van der Waals surface area contributed by atoms with Crippen molar-refractivity contribution in [3.63, 3.8) is 0 Å². The zero-order valence-electron chi connectivity index (χ0n) is 32.1. The molecule has 0 bridgehead atoms. The molecule has 0 spiro atoms. The maximum atomic E-state index is 4.86. The average molecular weight is 695 g/mol. The minimum Gasteiger partial charge on any atom is -0.661 e.